The van der Waals surface area contributed by atoms with Crippen molar-refractivity contribution in [3.8, 4) is 11.5 Å². The zero-order valence-corrected chi connectivity index (χ0v) is 16.4. The molecule has 0 aliphatic heterocycles. The first-order chi connectivity index (χ1) is 13.5. The molecular weight excluding hydrogens is 374 g/mol. The first kappa shape index (κ1) is 18.3. The SMILES string of the molecule is CCOc1ccc2cc(S(=O)(=O)Oc3cc(C)nc4ccccc34)ccc2c1. The largest absolute Gasteiger partial charge is 0.494 e. The number of nitrogens with zero attached hydrogens (tertiary/aromatic N) is 1. The van der Waals surface area contributed by atoms with Gasteiger partial charge in [0.2, 0.25) is 0 Å². The molecule has 3 aromatic carbocycles. The summed E-state index contributed by atoms with van der Waals surface area (Å²) in [4.78, 5) is 4.52. The molecule has 0 radical (unpaired) electrons. The lowest BCUT2D eigenvalue weighted by molar-refractivity contribution is 0.341. The van der Waals surface area contributed by atoms with Crippen LogP contribution in [-0.2, 0) is 10.1 Å². The van der Waals surface area contributed by atoms with Crippen molar-refractivity contribution in [2.75, 3.05) is 6.61 Å². The van der Waals surface area contributed by atoms with Crippen molar-refractivity contribution in [2.24, 2.45) is 0 Å². The second kappa shape index (κ2) is 7.13. The normalized spacial score (nSPS) is 11.6. The van der Waals surface area contributed by atoms with Crippen LogP contribution in [0.1, 0.15) is 12.6 Å². The Labute approximate surface area is 163 Å². The van der Waals surface area contributed by atoms with E-state index < -0.39 is 10.1 Å². The maximum absolute atomic E-state index is 12.9. The molecule has 4 aromatic rings. The van der Waals surface area contributed by atoms with Gasteiger partial charge in [0, 0.05) is 17.1 Å². The fourth-order valence-corrected chi connectivity index (χ4v) is 4.09. The van der Waals surface area contributed by atoms with Crippen LogP contribution in [0.15, 0.2) is 71.6 Å². The van der Waals surface area contributed by atoms with Crippen LogP contribution in [0.4, 0.5) is 0 Å². The van der Waals surface area contributed by atoms with Crippen LogP contribution < -0.4 is 8.92 Å². The van der Waals surface area contributed by atoms with Crippen LogP contribution in [-0.4, -0.2) is 20.0 Å². The first-order valence-corrected chi connectivity index (χ1v) is 10.3. The number of aromatic nitrogens is 1. The van der Waals surface area contributed by atoms with Gasteiger partial charge in [-0.25, -0.2) is 0 Å². The molecule has 28 heavy (non-hydrogen) atoms. The molecule has 0 spiro atoms. The zero-order chi connectivity index (χ0) is 19.7. The van der Waals surface area contributed by atoms with Crippen molar-refractivity contribution in [1.82, 2.24) is 4.98 Å². The molecule has 0 aliphatic carbocycles. The van der Waals surface area contributed by atoms with E-state index in [1.165, 1.54) is 0 Å². The summed E-state index contributed by atoms with van der Waals surface area (Å²) in [5.74, 6) is 1.02. The van der Waals surface area contributed by atoms with E-state index in [0.717, 1.165) is 16.5 Å². The highest BCUT2D eigenvalue weighted by atomic mass is 32.2. The number of ether oxygens (including phenoxy) is 1. The molecule has 0 bridgehead atoms. The number of aryl methyl sites for hydroxylation is 1. The quantitative estimate of drug-likeness (QED) is 0.453. The van der Waals surface area contributed by atoms with Crippen molar-refractivity contribution in [2.45, 2.75) is 18.7 Å². The van der Waals surface area contributed by atoms with Gasteiger partial charge in [-0.1, -0.05) is 24.3 Å². The van der Waals surface area contributed by atoms with Crippen LogP contribution in [0.2, 0.25) is 0 Å². The van der Waals surface area contributed by atoms with Gasteiger partial charge in [0.15, 0.2) is 5.75 Å². The minimum absolute atomic E-state index is 0.0997. The Hall–Kier alpha value is -3.12. The molecule has 0 amide bonds. The highest BCUT2D eigenvalue weighted by Gasteiger charge is 2.19. The number of benzene rings is 3. The molecule has 142 valence electrons. The fraction of sp³-hybridized carbons (Fsp3) is 0.136. The summed E-state index contributed by atoms with van der Waals surface area (Å²) in [7, 11) is -3.99. The number of pyridine rings is 1. The van der Waals surface area contributed by atoms with Gasteiger partial charge in [-0.2, -0.15) is 8.42 Å². The van der Waals surface area contributed by atoms with Crippen molar-refractivity contribution in [3.63, 3.8) is 0 Å². The summed E-state index contributed by atoms with van der Waals surface area (Å²) in [6.07, 6.45) is 0. The Kier molecular flexibility index (Phi) is 4.65. The third-order valence-electron chi connectivity index (χ3n) is 4.39. The smallest absolute Gasteiger partial charge is 0.339 e. The van der Waals surface area contributed by atoms with Crippen molar-refractivity contribution >= 4 is 31.8 Å². The lowest BCUT2D eigenvalue weighted by atomic mass is 10.1. The molecule has 0 unspecified atom stereocenters. The lowest BCUT2D eigenvalue weighted by Gasteiger charge is -2.11. The van der Waals surface area contributed by atoms with E-state index >= 15 is 0 Å². The monoisotopic (exact) mass is 393 g/mol. The summed E-state index contributed by atoms with van der Waals surface area (Å²) >= 11 is 0. The molecule has 1 heterocycles. The second-order valence-corrected chi connectivity index (χ2v) is 7.97. The van der Waals surface area contributed by atoms with Gasteiger partial charge in [-0.15, -0.1) is 0 Å². The van der Waals surface area contributed by atoms with Crippen LogP contribution in [0.3, 0.4) is 0 Å². The van der Waals surface area contributed by atoms with E-state index in [1.54, 1.807) is 37.3 Å². The number of rotatable bonds is 5. The van der Waals surface area contributed by atoms with Gasteiger partial charge >= 0.3 is 10.1 Å². The van der Waals surface area contributed by atoms with Crippen LogP contribution in [0.25, 0.3) is 21.7 Å². The van der Waals surface area contributed by atoms with Gasteiger partial charge in [0.05, 0.1) is 12.1 Å². The molecule has 5 nitrogen and oxygen atoms in total. The molecule has 0 aliphatic rings. The Balaban J connectivity index is 1.74. The zero-order valence-electron chi connectivity index (χ0n) is 15.5. The number of hydrogen-bond donors (Lipinski definition) is 0. The molecule has 0 saturated heterocycles. The van der Waals surface area contributed by atoms with Crippen molar-refractivity contribution < 1.29 is 17.3 Å². The summed E-state index contributed by atoms with van der Waals surface area (Å²) in [5.41, 5.74) is 1.38. The van der Waals surface area contributed by atoms with Gasteiger partial charge < -0.3 is 8.92 Å². The molecular formula is C22H19NO4S. The van der Waals surface area contributed by atoms with Gasteiger partial charge in [-0.3, -0.25) is 4.98 Å². The molecule has 0 saturated carbocycles. The minimum Gasteiger partial charge on any atom is -0.494 e. The van der Waals surface area contributed by atoms with E-state index in [4.69, 9.17) is 8.92 Å². The molecule has 6 heteroatoms. The average molecular weight is 393 g/mol. The van der Waals surface area contributed by atoms with E-state index in [0.29, 0.717) is 23.2 Å². The third kappa shape index (κ3) is 3.51. The third-order valence-corrected chi connectivity index (χ3v) is 5.62. The Morgan fingerprint density at radius 2 is 1.68 bits per heavy atom. The fourth-order valence-electron chi connectivity index (χ4n) is 3.12. The summed E-state index contributed by atoms with van der Waals surface area (Å²) in [6, 6.07) is 19.4. The molecule has 4 rings (SSSR count). The van der Waals surface area contributed by atoms with Crippen LogP contribution in [0.5, 0.6) is 11.5 Å². The lowest BCUT2D eigenvalue weighted by Crippen LogP contribution is -2.10. The predicted molar refractivity (Wildman–Crippen MR) is 109 cm³/mol. The Morgan fingerprint density at radius 3 is 2.50 bits per heavy atom. The number of hydrogen-bond acceptors (Lipinski definition) is 5. The first-order valence-electron chi connectivity index (χ1n) is 8.94. The highest BCUT2D eigenvalue weighted by Crippen LogP contribution is 2.30. The van der Waals surface area contributed by atoms with E-state index in [2.05, 4.69) is 4.98 Å². The molecule has 1 aromatic heterocycles. The summed E-state index contributed by atoms with van der Waals surface area (Å²) in [5, 5.41) is 2.35. The van der Waals surface area contributed by atoms with Crippen molar-refractivity contribution in [3.05, 3.63) is 72.4 Å². The van der Waals surface area contributed by atoms with E-state index in [1.807, 2.05) is 43.3 Å². The standard InChI is InChI=1S/C22H19NO4S/c1-3-26-18-10-8-17-14-19(11-9-16(17)13-18)28(24,25)27-22-12-15(2)23-21-7-5-4-6-20(21)22/h4-14H,3H2,1-2H3. The van der Waals surface area contributed by atoms with Gasteiger partial charge in [0.25, 0.3) is 0 Å². The van der Waals surface area contributed by atoms with Crippen LogP contribution in [0, 0.1) is 6.92 Å². The second-order valence-electron chi connectivity index (χ2n) is 6.42. The van der Waals surface area contributed by atoms with Gasteiger partial charge in [0.1, 0.15) is 10.6 Å². The maximum Gasteiger partial charge on any atom is 0.339 e. The Bertz CT molecular complexity index is 1280. The predicted octanol–water partition coefficient (Wildman–Crippen LogP) is 4.86. The molecule has 0 N–H and O–H groups in total. The van der Waals surface area contributed by atoms with Crippen LogP contribution >= 0.6 is 0 Å². The average Bonchev–Trinajstić information content (AvgIpc) is 2.67. The van der Waals surface area contributed by atoms with Crippen molar-refractivity contribution in [1.29, 1.82) is 0 Å². The number of para-hydroxylation sites is 1. The summed E-state index contributed by atoms with van der Waals surface area (Å²) < 4.78 is 36.8. The van der Waals surface area contributed by atoms with E-state index in [-0.39, 0.29) is 10.6 Å². The molecule has 0 atom stereocenters. The van der Waals surface area contributed by atoms with E-state index in [9.17, 15) is 8.42 Å². The molecule has 0 fully saturated rings. The number of fused-ring (bicyclic) bond motifs is 2. The maximum atomic E-state index is 12.9. The summed E-state index contributed by atoms with van der Waals surface area (Å²) in [6.45, 7) is 4.30. The Morgan fingerprint density at radius 1 is 0.929 bits per heavy atom. The minimum atomic E-state index is -3.99. The topological polar surface area (TPSA) is 65.5 Å². The highest BCUT2D eigenvalue weighted by molar-refractivity contribution is 7.87. The van der Waals surface area contributed by atoms with Gasteiger partial charge in [-0.05, 0) is 61.0 Å².